The highest BCUT2D eigenvalue weighted by molar-refractivity contribution is 5.95. The fourth-order valence-electron chi connectivity index (χ4n) is 3.10. The molecule has 2 amide bonds. The molecule has 6 heteroatoms. The Balaban J connectivity index is 1.67. The smallest absolute Gasteiger partial charge is 0.246 e. The molecule has 0 unspecified atom stereocenters. The van der Waals surface area contributed by atoms with Crippen LogP contribution in [-0.4, -0.2) is 59.3 Å². The zero-order valence-corrected chi connectivity index (χ0v) is 14.1. The summed E-state index contributed by atoms with van der Waals surface area (Å²) in [6, 6.07) is 9.77. The number of para-hydroxylation sites is 1. The van der Waals surface area contributed by atoms with Gasteiger partial charge < -0.3 is 10.6 Å². The van der Waals surface area contributed by atoms with Crippen molar-refractivity contribution in [1.29, 1.82) is 0 Å². The molecular weight excluding hydrogens is 316 g/mol. The van der Waals surface area contributed by atoms with E-state index in [1.165, 1.54) is 0 Å². The van der Waals surface area contributed by atoms with Crippen LogP contribution in [0.5, 0.6) is 0 Å². The largest absolute Gasteiger partial charge is 0.369 e. The van der Waals surface area contributed by atoms with E-state index in [1.54, 1.807) is 12.3 Å². The number of carbonyl (C=O) groups excluding carboxylic acids is 2. The monoisotopic (exact) mass is 338 g/mol. The first-order valence-corrected chi connectivity index (χ1v) is 8.45. The van der Waals surface area contributed by atoms with Gasteiger partial charge in [-0.25, -0.2) is 0 Å². The highest BCUT2D eigenvalue weighted by Gasteiger charge is 2.18. The zero-order chi connectivity index (χ0) is 17.6. The molecule has 130 valence electrons. The van der Waals surface area contributed by atoms with E-state index < -0.39 is 0 Å². The summed E-state index contributed by atoms with van der Waals surface area (Å²) >= 11 is 0. The highest BCUT2D eigenvalue weighted by atomic mass is 16.2. The average Bonchev–Trinajstić information content (AvgIpc) is 2.84. The van der Waals surface area contributed by atoms with Gasteiger partial charge in [0.25, 0.3) is 0 Å². The lowest BCUT2D eigenvalue weighted by Gasteiger charge is -2.20. The predicted molar refractivity (Wildman–Crippen MR) is 97.6 cm³/mol. The summed E-state index contributed by atoms with van der Waals surface area (Å²) in [5.41, 5.74) is 7.14. The van der Waals surface area contributed by atoms with Crippen molar-refractivity contribution in [3.05, 3.63) is 48.2 Å². The standard InChI is InChI=1S/C19H22N4O2/c20-18(24)14-22-10-3-11-23(13-12-22)19(25)7-6-15-8-9-21-17-5-2-1-4-16(15)17/h1-2,4-9H,3,10-14H2,(H2,20,24). The Hall–Kier alpha value is -2.73. The number of fused-ring (bicyclic) bond motifs is 1. The lowest BCUT2D eigenvalue weighted by molar-refractivity contribution is -0.125. The van der Waals surface area contributed by atoms with Gasteiger partial charge in [0, 0.05) is 43.8 Å². The average molecular weight is 338 g/mol. The molecule has 1 saturated heterocycles. The Labute approximate surface area is 146 Å². The SMILES string of the molecule is NC(=O)CN1CCCN(C(=O)C=Cc2ccnc3ccccc23)CC1. The van der Waals surface area contributed by atoms with Crippen LogP contribution in [-0.2, 0) is 9.59 Å². The fraction of sp³-hybridized carbons (Fsp3) is 0.316. The van der Waals surface area contributed by atoms with Gasteiger partial charge in [-0.2, -0.15) is 0 Å². The normalized spacial score (nSPS) is 16.2. The van der Waals surface area contributed by atoms with Gasteiger partial charge in [0.2, 0.25) is 11.8 Å². The third-order valence-corrected chi connectivity index (χ3v) is 4.37. The molecule has 1 aromatic heterocycles. The minimum absolute atomic E-state index is 0.0122. The molecule has 0 spiro atoms. The topological polar surface area (TPSA) is 79.5 Å². The summed E-state index contributed by atoms with van der Waals surface area (Å²) in [5, 5.41) is 1.03. The summed E-state index contributed by atoms with van der Waals surface area (Å²) in [5.74, 6) is -0.342. The number of pyridine rings is 1. The molecule has 0 saturated carbocycles. The summed E-state index contributed by atoms with van der Waals surface area (Å²) in [6.07, 6.45) is 6.05. The Morgan fingerprint density at radius 3 is 2.80 bits per heavy atom. The number of benzene rings is 1. The predicted octanol–water partition coefficient (Wildman–Crippen LogP) is 1.27. The van der Waals surface area contributed by atoms with Gasteiger partial charge in [0.05, 0.1) is 12.1 Å². The van der Waals surface area contributed by atoms with Crippen LogP contribution in [0.15, 0.2) is 42.6 Å². The van der Waals surface area contributed by atoms with Gasteiger partial charge in [-0.15, -0.1) is 0 Å². The van der Waals surface area contributed by atoms with Gasteiger partial charge in [0.1, 0.15) is 0 Å². The molecule has 1 aliphatic rings. The van der Waals surface area contributed by atoms with Crippen molar-refractivity contribution in [2.45, 2.75) is 6.42 Å². The van der Waals surface area contributed by atoms with Crippen LogP contribution in [0.25, 0.3) is 17.0 Å². The van der Waals surface area contributed by atoms with E-state index in [2.05, 4.69) is 4.98 Å². The molecule has 0 atom stereocenters. The maximum Gasteiger partial charge on any atom is 0.246 e. The minimum atomic E-state index is -0.329. The Bertz CT molecular complexity index is 798. The molecule has 1 aromatic carbocycles. The Kier molecular flexibility index (Phi) is 5.40. The van der Waals surface area contributed by atoms with Crippen LogP contribution in [0.3, 0.4) is 0 Å². The summed E-state index contributed by atoms with van der Waals surface area (Å²) in [7, 11) is 0. The lowest BCUT2D eigenvalue weighted by atomic mass is 10.1. The number of hydrogen-bond acceptors (Lipinski definition) is 4. The molecule has 3 rings (SSSR count). The number of nitrogens with two attached hydrogens (primary N) is 1. The van der Waals surface area contributed by atoms with E-state index in [1.807, 2.05) is 46.2 Å². The van der Waals surface area contributed by atoms with Crippen LogP contribution in [0.2, 0.25) is 0 Å². The first-order chi connectivity index (χ1) is 12.1. The van der Waals surface area contributed by atoms with Crippen LogP contribution in [0.1, 0.15) is 12.0 Å². The number of hydrogen-bond donors (Lipinski definition) is 1. The van der Waals surface area contributed by atoms with Crippen LogP contribution in [0.4, 0.5) is 0 Å². The third-order valence-electron chi connectivity index (χ3n) is 4.37. The molecule has 2 aromatic rings. The molecule has 0 radical (unpaired) electrons. The van der Waals surface area contributed by atoms with Gasteiger partial charge in [-0.1, -0.05) is 18.2 Å². The molecular formula is C19H22N4O2. The maximum atomic E-state index is 12.5. The van der Waals surface area contributed by atoms with E-state index in [9.17, 15) is 9.59 Å². The van der Waals surface area contributed by atoms with Gasteiger partial charge >= 0.3 is 0 Å². The summed E-state index contributed by atoms with van der Waals surface area (Å²) in [6.45, 7) is 3.00. The number of aromatic nitrogens is 1. The van der Waals surface area contributed by atoms with Crippen molar-refractivity contribution in [1.82, 2.24) is 14.8 Å². The molecule has 1 aliphatic heterocycles. The molecule has 0 bridgehead atoms. The number of rotatable bonds is 4. The van der Waals surface area contributed by atoms with E-state index in [-0.39, 0.29) is 18.4 Å². The maximum absolute atomic E-state index is 12.5. The van der Waals surface area contributed by atoms with Crippen molar-refractivity contribution in [2.75, 3.05) is 32.7 Å². The first kappa shape index (κ1) is 17.1. The molecule has 2 N–H and O–H groups in total. The third kappa shape index (κ3) is 4.42. The molecule has 2 heterocycles. The van der Waals surface area contributed by atoms with Crippen molar-refractivity contribution >= 4 is 28.8 Å². The summed E-state index contributed by atoms with van der Waals surface area (Å²) < 4.78 is 0. The van der Waals surface area contributed by atoms with Gasteiger partial charge in [0.15, 0.2) is 0 Å². The molecule has 6 nitrogen and oxygen atoms in total. The molecule has 0 aliphatic carbocycles. The number of primary amides is 1. The van der Waals surface area contributed by atoms with Crippen molar-refractivity contribution < 1.29 is 9.59 Å². The first-order valence-electron chi connectivity index (χ1n) is 8.45. The number of amides is 2. The quantitative estimate of drug-likeness (QED) is 0.852. The minimum Gasteiger partial charge on any atom is -0.369 e. The second-order valence-corrected chi connectivity index (χ2v) is 6.17. The molecule has 25 heavy (non-hydrogen) atoms. The van der Waals surface area contributed by atoms with Gasteiger partial charge in [-0.3, -0.25) is 19.5 Å². The van der Waals surface area contributed by atoms with E-state index in [0.717, 1.165) is 29.4 Å². The second kappa shape index (κ2) is 7.90. The van der Waals surface area contributed by atoms with Crippen molar-refractivity contribution in [2.24, 2.45) is 5.73 Å². The van der Waals surface area contributed by atoms with Gasteiger partial charge in [-0.05, 0) is 30.2 Å². The van der Waals surface area contributed by atoms with E-state index in [0.29, 0.717) is 19.6 Å². The van der Waals surface area contributed by atoms with Crippen LogP contribution < -0.4 is 5.73 Å². The van der Waals surface area contributed by atoms with Crippen molar-refractivity contribution in [3.8, 4) is 0 Å². The van der Waals surface area contributed by atoms with E-state index in [4.69, 9.17) is 5.73 Å². The number of nitrogens with zero attached hydrogens (tertiary/aromatic N) is 3. The Morgan fingerprint density at radius 2 is 1.96 bits per heavy atom. The number of carbonyl (C=O) groups is 2. The molecule has 1 fully saturated rings. The van der Waals surface area contributed by atoms with Crippen LogP contribution in [0, 0.1) is 0 Å². The summed E-state index contributed by atoms with van der Waals surface area (Å²) in [4.78, 5) is 31.7. The lowest BCUT2D eigenvalue weighted by Crippen LogP contribution is -2.37. The van der Waals surface area contributed by atoms with E-state index >= 15 is 0 Å². The fourth-order valence-corrected chi connectivity index (χ4v) is 3.10. The second-order valence-electron chi connectivity index (χ2n) is 6.17. The Morgan fingerprint density at radius 1 is 1.12 bits per heavy atom. The van der Waals surface area contributed by atoms with Crippen LogP contribution >= 0.6 is 0 Å². The highest BCUT2D eigenvalue weighted by Crippen LogP contribution is 2.17. The zero-order valence-electron chi connectivity index (χ0n) is 14.1. The van der Waals surface area contributed by atoms with Crippen molar-refractivity contribution in [3.63, 3.8) is 0 Å².